The Kier molecular flexibility index (Phi) is 3.76. The zero-order valence-corrected chi connectivity index (χ0v) is 10.6. The average Bonchev–Trinajstić information content (AvgIpc) is 2.10. The second-order valence-electron chi connectivity index (χ2n) is 2.84. The van der Waals surface area contributed by atoms with Crippen molar-refractivity contribution in [2.75, 3.05) is 7.05 Å². The lowest BCUT2D eigenvalue weighted by Gasteiger charge is -2.13. The summed E-state index contributed by atoms with van der Waals surface area (Å²) in [6.07, 6.45) is 0. The lowest BCUT2D eigenvalue weighted by atomic mass is 10.1. The molecule has 1 unspecified atom stereocenters. The fraction of sp³-hybridized carbons (Fsp3) is 0.333. The van der Waals surface area contributed by atoms with Crippen molar-refractivity contribution >= 4 is 31.9 Å². The largest absolute Gasteiger partial charge is 0.506 e. The van der Waals surface area contributed by atoms with E-state index in [4.69, 9.17) is 0 Å². The highest BCUT2D eigenvalue weighted by molar-refractivity contribution is 9.11. The minimum Gasteiger partial charge on any atom is -0.506 e. The van der Waals surface area contributed by atoms with E-state index in [-0.39, 0.29) is 6.04 Å². The molecule has 1 rings (SSSR count). The molecule has 4 heteroatoms. The van der Waals surface area contributed by atoms with Crippen LogP contribution in [-0.2, 0) is 0 Å². The first-order chi connectivity index (χ1) is 6.06. The second kappa shape index (κ2) is 4.44. The van der Waals surface area contributed by atoms with Gasteiger partial charge in [0.2, 0.25) is 0 Å². The number of nitrogens with one attached hydrogen (secondary N) is 1. The van der Waals surface area contributed by atoms with Gasteiger partial charge in [-0.2, -0.15) is 0 Å². The van der Waals surface area contributed by atoms with Crippen LogP contribution in [0.25, 0.3) is 0 Å². The molecule has 72 valence electrons. The van der Waals surface area contributed by atoms with Crippen molar-refractivity contribution in [1.29, 1.82) is 0 Å². The lowest BCUT2D eigenvalue weighted by molar-refractivity contribution is 0.454. The average molecular weight is 309 g/mol. The van der Waals surface area contributed by atoms with Gasteiger partial charge in [0.05, 0.1) is 4.47 Å². The van der Waals surface area contributed by atoms with Gasteiger partial charge in [-0.1, -0.05) is 15.9 Å². The standard InChI is InChI=1S/C9H11Br2NO/c1-5(12-2)7-3-6(10)4-8(11)9(7)13/h3-5,12-13H,1-2H3. The molecule has 0 aliphatic rings. The van der Waals surface area contributed by atoms with E-state index < -0.39 is 0 Å². The number of aromatic hydroxyl groups is 1. The van der Waals surface area contributed by atoms with E-state index >= 15 is 0 Å². The highest BCUT2D eigenvalue weighted by Gasteiger charge is 2.11. The van der Waals surface area contributed by atoms with Crippen molar-refractivity contribution in [3.8, 4) is 5.75 Å². The van der Waals surface area contributed by atoms with Gasteiger partial charge in [-0.3, -0.25) is 0 Å². The highest BCUT2D eigenvalue weighted by Crippen LogP contribution is 2.34. The predicted octanol–water partition coefficient (Wildman–Crippen LogP) is 3.20. The van der Waals surface area contributed by atoms with Gasteiger partial charge in [0.25, 0.3) is 0 Å². The van der Waals surface area contributed by atoms with Crippen molar-refractivity contribution < 1.29 is 5.11 Å². The van der Waals surface area contributed by atoms with Crippen molar-refractivity contribution in [2.24, 2.45) is 0 Å². The number of halogens is 2. The van der Waals surface area contributed by atoms with Crippen molar-refractivity contribution in [3.05, 3.63) is 26.6 Å². The first kappa shape index (κ1) is 11.0. The number of hydrogen-bond acceptors (Lipinski definition) is 2. The van der Waals surface area contributed by atoms with E-state index in [0.717, 1.165) is 10.0 Å². The third-order valence-corrected chi connectivity index (χ3v) is 3.02. The molecule has 0 heterocycles. The molecule has 1 atom stereocenters. The molecule has 0 aromatic heterocycles. The molecule has 13 heavy (non-hydrogen) atoms. The summed E-state index contributed by atoms with van der Waals surface area (Å²) < 4.78 is 1.66. The quantitative estimate of drug-likeness (QED) is 0.879. The van der Waals surface area contributed by atoms with Crippen LogP contribution in [-0.4, -0.2) is 12.2 Å². The van der Waals surface area contributed by atoms with Crippen LogP contribution in [0.5, 0.6) is 5.75 Å². The Morgan fingerprint density at radius 1 is 1.38 bits per heavy atom. The fourth-order valence-corrected chi connectivity index (χ4v) is 2.33. The van der Waals surface area contributed by atoms with Crippen LogP contribution in [0.4, 0.5) is 0 Å². The lowest BCUT2D eigenvalue weighted by Crippen LogP contribution is -2.12. The maximum atomic E-state index is 9.72. The SMILES string of the molecule is CNC(C)c1cc(Br)cc(Br)c1O. The first-order valence-corrected chi connectivity index (χ1v) is 5.50. The van der Waals surface area contributed by atoms with Crippen LogP contribution < -0.4 is 5.32 Å². The molecule has 1 aromatic rings. The molecule has 1 aromatic carbocycles. The van der Waals surface area contributed by atoms with Gasteiger partial charge >= 0.3 is 0 Å². The van der Waals surface area contributed by atoms with Crippen LogP contribution in [0.1, 0.15) is 18.5 Å². The Labute approximate surface area is 94.6 Å². The third kappa shape index (κ3) is 2.45. The van der Waals surface area contributed by atoms with Crippen molar-refractivity contribution in [2.45, 2.75) is 13.0 Å². The number of phenols is 1. The van der Waals surface area contributed by atoms with E-state index in [1.54, 1.807) is 0 Å². The summed E-state index contributed by atoms with van der Waals surface area (Å²) in [4.78, 5) is 0. The fourth-order valence-electron chi connectivity index (χ4n) is 1.07. The summed E-state index contributed by atoms with van der Waals surface area (Å²) in [5, 5.41) is 12.8. The molecule has 0 saturated carbocycles. The van der Waals surface area contributed by atoms with Crippen molar-refractivity contribution in [3.63, 3.8) is 0 Å². The Bertz CT molecular complexity index is 315. The van der Waals surface area contributed by atoms with E-state index in [9.17, 15) is 5.11 Å². The van der Waals surface area contributed by atoms with Gasteiger partial charge in [0.15, 0.2) is 0 Å². The van der Waals surface area contributed by atoms with Crippen molar-refractivity contribution in [1.82, 2.24) is 5.32 Å². The molecule has 0 bridgehead atoms. The van der Waals surface area contributed by atoms with Gasteiger partial charge in [-0.05, 0) is 42.0 Å². The molecule has 0 fully saturated rings. The summed E-state index contributed by atoms with van der Waals surface area (Å²) in [6, 6.07) is 3.86. The zero-order chi connectivity index (χ0) is 10.0. The van der Waals surface area contributed by atoms with Gasteiger partial charge in [-0.25, -0.2) is 0 Å². The second-order valence-corrected chi connectivity index (χ2v) is 4.61. The number of rotatable bonds is 2. The Hall–Kier alpha value is -0.0600. The highest BCUT2D eigenvalue weighted by atomic mass is 79.9. The first-order valence-electron chi connectivity index (χ1n) is 3.91. The molecule has 2 nitrogen and oxygen atoms in total. The minimum atomic E-state index is 0.133. The molecule has 0 radical (unpaired) electrons. The molecule has 0 spiro atoms. The Balaban J connectivity index is 3.20. The Morgan fingerprint density at radius 2 is 2.00 bits per heavy atom. The van der Waals surface area contributed by atoms with Gasteiger partial charge in [-0.15, -0.1) is 0 Å². The normalized spacial score (nSPS) is 12.9. The van der Waals surface area contributed by atoms with E-state index in [1.165, 1.54) is 0 Å². The molecule has 0 amide bonds. The molecule has 2 N–H and O–H groups in total. The smallest absolute Gasteiger partial charge is 0.134 e. The monoisotopic (exact) mass is 307 g/mol. The number of benzene rings is 1. The van der Waals surface area contributed by atoms with Gasteiger partial charge in [0.1, 0.15) is 5.75 Å². The van der Waals surface area contributed by atoms with E-state index in [1.807, 2.05) is 26.1 Å². The van der Waals surface area contributed by atoms with Crippen LogP contribution in [0.15, 0.2) is 21.1 Å². The van der Waals surface area contributed by atoms with E-state index in [0.29, 0.717) is 10.2 Å². The molecular formula is C9H11Br2NO. The third-order valence-electron chi connectivity index (χ3n) is 1.96. The number of phenolic OH excluding ortho intramolecular Hbond substituents is 1. The molecule has 0 saturated heterocycles. The van der Waals surface area contributed by atoms with Gasteiger partial charge in [0, 0.05) is 16.1 Å². The van der Waals surface area contributed by atoms with Gasteiger partial charge < -0.3 is 10.4 Å². The minimum absolute atomic E-state index is 0.133. The summed E-state index contributed by atoms with van der Waals surface area (Å²) in [7, 11) is 1.86. The van der Waals surface area contributed by atoms with Crippen LogP contribution >= 0.6 is 31.9 Å². The van der Waals surface area contributed by atoms with Crippen LogP contribution in [0.2, 0.25) is 0 Å². The van der Waals surface area contributed by atoms with Crippen LogP contribution in [0.3, 0.4) is 0 Å². The maximum absolute atomic E-state index is 9.72. The summed E-state index contributed by atoms with van der Waals surface area (Å²) in [6.45, 7) is 1.99. The molecule has 0 aliphatic heterocycles. The topological polar surface area (TPSA) is 32.3 Å². The molecular weight excluding hydrogens is 298 g/mol. The zero-order valence-electron chi connectivity index (χ0n) is 7.44. The maximum Gasteiger partial charge on any atom is 0.134 e. The Morgan fingerprint density at radius 3 is 2.54 bits per heavy atom. The van der Waals surface area contributed by atoms with E-state index in [2.05, 4.69) is 37.2 Å². The van der Waals surface area contributed by atoms with Crippen LogP contribution in [0, 0.1) is 0 Å². The number of hydrogen-bond donors (Lipinski definition) is 2. The summed E-state index contributed by atoms with van der Waals surface area (Å²) in [5.41, 5.74) is 0.878. The summed E-state index contributed by atoms with van der Waals surface area (Å²) >= 11 is 6.66. The molecule has 0 aliphatic carbocycles. The summed E-state index contributed by atoms with van der Waals surface area (Å²) in [5.74, 6) is 0.296. The predicted molar refractivity (Wildman–Crippen MR) is 61.0 cm³/mol.